The molecule has 0 aliphatic heterocycles. The molecule has 1 N–H and O–H groups in total. The van der Waals surface area contributed by atoms with Gasteiger partial charge in [0.25, 0.3) is 0 Å². The number of rotatable bonds is 4. The van der Waals surface area contributed by atoms with Crippen LogP contribution in [0, 0.1) is 13.8 Å². The molecule has 2 rings (SSSR count). The summed E-state index contributed by atoms with van der Waals surface area (Å²) in [4.78, 5) is 15.2. The predicted molar refractivity (Wildman–Crippen MR) is 73.7 cm³/mol. The minimum Gasteiger partial charge on any atom is -0.475 e. The van der Waals surface area contributed by atoms with E-state index in [1.54, 1.807) is 17.8 Å². The average Bonchev–Trinajstić information content (AvgIpc) is 2.76. The van der Waals surface area contributed by atoms with E-state index in [4.69, 9.17) is 9.52 Å². The van der Waals surface area contributed by atoms with E-state index in [0.717, 1.165) is 16.3 Å². The highest BCUT2D eigenvalue weighted by Crippen LogP contribution is 2.35. The van der Waals surface area contributed by atoms with Crippen molar-refractivity contribution in [2.45, 2.75) is 31.0 Å². The van der Waals surface area contributed by atoms with Crippen LogP contribution in [-0.4, -0.2) is 16.1 Å². The van der Waals surface area contributed by atoms with Gasteiger partial charge < -0.3 is 9.52 Å². The molecule has 0 saturated carbocycles. The fourth-order valence-corrected chi connectivity index (χ4v) is 2.85. The van der Waals surface area contributed by atoms with Crippen molar-refractivity contribution >= 4 is 17.7 Å². The standard InChI is InChI=1S/C14H15NO3S/c1-8-6-9(2)15-13(7-8)19-10(3)11-4-5-12(18-11)14(16)17/h4-7,10H,1-3H3,(H,16,17). The van der Waals surface area contributed by atoms with Gasteiger partial charge >= 0.3 is 5.97 Å². The number of furan rings is 1. The minimum absolute atomic E-state index is 0.0156. The number of carboxylic acid groups (broad SMARTS) is 1. The lowest BCUT2D eigenvalue weighted by molar-refractivity contribution is 0.0660. The Morgan fingerprint density at radius 1 is 1.37 bits per heavy atom. The van der Waals surface area contributed by atoms with E-state index in [1.165, 1.54) is 6.07 Å². The molecule has 1 atom stereocenters. The second-order valence-corrected chi connectivity index (χ2v) is 5.75. The molecule has 0 amide bonds. The molecule has 0 spiro atoms. The highest BCUT2D eigenvalue weighted by molar-refractivity contribution is 7.99. The van der Waals surface area contributed by atoms with E-state index in [1.807, 2.05) is 32.9 Å². The van der Waals surface area contributed by atoms with Crippen molar-refractivity contribution in [3.05, 3.63) is 47.0 Å². The summed E-state index contributed by atoms with van der Waals surface area (Å²) in [6.45, 7) is 5.95. The summed E-state index contributed by atoms with van der Waals surface area (Å²) < 4.78 is 5.29. The van der Waals surface area contributed by atoms with E-state index in [0.29, 0.717) is 5.76 Å². The van der Waals surface area contributed by atoms with Gasteiger partial charge in [0, 0.05) is 5.69 Å². The van der Waals surface area contributed by atoms with Gasteiger partial charge in [-0.05, 0) is 50.6 Å². The SMILES string of the molecule is Cc1cc(C)nc(SC(C)c2ccc(C(=O)O)o2)c1. The van der Waals surface area contributed by atoms with Crippen molar-refractivity contribution in [2.24, 2.45) is 0 Å². The largest absolute Gasteiger partial charge is 0.475 e. The van der Waals surface area contributed by atoms with Gasteiger partial charge in [-0.3, -0.25) is 0 Å². The first-order valence-electron chi connectivity index (χ1n) is 5.90. The van der Waals surface area contributed by atoms with Crippen LogP contribution in [-0.2, 0) is 0 Å². The Hall–Kier alpha value is -1.75. The lowest BCUT2D eigenvalue weighted by Crippen LogP contribution is -1.93. The summed E-state index contributed by atoms with van der Waals surface area (Å²) in [5, 5.41) is 9.76. The van der Waals surface area contributed by atoms with Crippen LogP contribution >= 0.6 is 11.8 Å². The van der Waals surface area contributed by atoms with E-state index in [-0.39, 0.29) is 11.0 Å². The molecule has 2 aromatic heterocycles. The van der Waals surface area contributed by atoms with E-state index in [2.05, 4.69) is 4.98 Å². The van der Waals surface area contributed by atoms with Crippen LogP contribution in [0.2, 0.25) is 0 Å². The molecule has 2 heterocycles. The molecule has 19 heavy (non-hydrogen) atoms. The molecule has 2 aromatic rings. The number of carboxylic acids is 1. The van der Waals surface area contributed by atoms with Crippen LogP contribution in [0.4, 0.5) is 0 Å². The molecule has 1 unspecified atom stereocenters. The van der Waals surface area contributed by atoms with Crippen molar-refractivity contribution in [1.29, 1.82) is 0 Å². The summed E-state index contributed by atoms with van der Waals surface area (Å²) in [7, 11) is 0. The van der Waals surface area contributed by atoms with Crippen molar-refractivity contribution in [3.8, 4) is 0 Å². The number of pyridine rings is 1. The van der Waals surface area contributed by atoms with Crippen LogP contribution in [0.25, 0.3) is 0 Å². The van der Waals surface area contributed by atoms with Gasteiger partial charge in [-0.15, -0.1) is 0 Å². The van der Waals surface area contributed by atoms with Gasteiger partial charge in [-0.25, -0.2) is 9.78 Å². The molecule has 0 aliphatic carbocycles. The molecule has 0 bridgehead atoms. The maximum Gasteiger partial charge on any atom is 0.371 e. The normalized spacial score (nSPS) is 12.4. The predicted octanol–water partition coefficient (Wildman–Crippen LogP) is 3.84. The second kappa shape index (κ2) is 5.48. The van der Waals surface area contributed by atoms with Gasteiger partial charge in [0.05, 0.1) is 10.3 Å². The number of hydrogen-bond donors (Lipinski definition) is 1. The average molecular weight is 277 g/mol. The van der Waals surface area contributed by atoms with Gasteiger partial charge in [-0.1, -0.05) is 11.8 Å². The first kappa shape index (κ1) is 13.7. The Labute approximate surface area is 115 Å². The number of hydrogen-bond acceptors (Lipinski definition) is 4. The number of nitrogens with zero attached hydrogens (tertiary/aromatic N) is 1. The third-order valence-electron chi connectivity index (χ3n) is 2.61. The fraction of sp³-hybridized carbons (Fsp3) is 0.286. The molecular weight excluding hydrogens is 262 g/mol. The number of aromatic carboxylic acids is 1. The summed E-state index contributed by atoms with van der Waals surface area (Å²) in [6.07, 6.45) is 0. The molecule has 4 nitrogen and oxygen atoms in total. The van der Waals surface area contributed by atoms with Gasteiger partial charge in [0.2, 0.25) is 5.76 Å². The molecule has 0 saturated heterocycles. The Morgan fingerprint density at radius 3 is 2.68 bits per heavy atom. The minimum atomic E-state index is -1.05. The first-order valence-corrected chi connectivity index (χ1v) is 6.78. The Morgan fingerprint density at radius 2 is 2.11 bits per heavy atom. The molecule has 100 valence electrons. The van der Waals surface area contributed by atoms with Gasteiger partial charge in [-0.2, -0.15) is 0 Å². The van der Waals surface area contributed by atoms with Crippen LogP contribution in [0.15, 0.2) is 33.7 Å². The zero-order valence-corrected chi connectivity index (χ0v) is 11.8. The lowest BCUT2D eigenvalue weighted by atomic mass is 10.3. The van der Waals surface area contributed by atoms with Gasteiger partial charge in [0.15, 0.2) is 0 Å². The summed E-state index contributed by atoms with van der Waals surface area (Å²) in [5.74, 6) is -0.438. The summed E-state index contributed by atoms with van der Waals surface area (Å²) in [5.41, 5.74) is 2.13. The Bertz CT molecular complexity index is 586. The molecular formula is C14H15NO3S. The molecule has 0 aliphatic rings. The summed E-state index contributed by atoms with van der Waals surface area (Å²) >= 11 is 1.55. The number of thioether (sulfide) groups is 1. The fourth-order valence-electron chi connectivity index (χ4n) is 1.79. The number of aryl methyl sites for hydroxylation is 2. The van der Waals surface area contributed by atoms with Crippen molar-refractivity contribution in [3.63, 3.8) is 0 Å². The Kier molecular flexibility index (Phi) is 3.95. The van der Waals surface area contributed by atoms with Crippen molar-refractivity contribution < 1.29 is 14.3 Å². The topological polar surface area (TPSA) is 63.3 Å². The molecule has 0 fully saturated rings. The van der Waals surface area contributed by atoms with E-state index >= 15 is 0 Å². The molecule has 0 aromatic carbocycles. The van der Waals surface area contributed by atoms with Crippen molar-refractivity contribution in [2.75, 3.05) is 0 Å². The zero-order valence-electron chi connectivity index (χ0n) is 11.0. The molecule has 5 heteroatoms. The van der Waals surface area contributed by atoms with Crippen LogP contribution in [0.1, 0.15) is 39.7 Å². The quantitative estimate of drug-likeness (QED) is 0.860. The monoisotopic (exact) mass is 277 g/mol. The lowest BCUT2D eigenvalue weighted by Gasteiger charge is -2.09. The Balaban J connectivity index is 2.15. The first-order chi connectivity index (χ1) is 8.95. The third-order valence-corrected chi connectivity index (χ3v) is 3.65. The van der Waals surface area contributed by atoms with Crippen LogP contribution in [0.5, 0.6) is 0 Å². The zero-order chi connectivity index (χ0) is 14.0. The number of carbonyl (C=O) groups is 1. The highest BCUT2D eigenvalue weighted by Gasteiger charge is 2.16. The van der Waals surface area contributed by atoms with Crippen molar-refractivity contribution in [1.82, 2.24) is 4.98 Å². The molecule has 0 radical (unpaired) electrons. The van der Waals surface area contributed by atoms with Gasteiger partial charge in [0.1, 0.15) is 5.76 Å². The van der Waals surface area contributed by atoms with Crippen LogP contribution in [0.3, 0.4) is 0 Å². The maximum atomic E-state index is 10.8. The maximum absolute atomic E-state index is 10.8. The number of aromatic nitrogens is 1. The summed E-state index contributed by atoms with van der Waals surface area (Å²) in [6, 6.07) is 7.20. The third kappa shape index (κ3) is 3.38. The van der Waals surface area contributed by atoms with Crippen LogP contribution < -0.4 is 0 Å². The smallest absolute Gasteiger partial charge is 0.371 e. The van der Waals surface area contributed by atoms with E-state index < -0.39 is 5.97 Å². The van der Waals surface area contributed by atoms with E-state index in [9.17, 15) is 4.79 Å². The second-order valence-electron chi connectivity index (χ2n) is 4.39. The highest BCUT2D eigenvalue weighted by atomic mass is 32.2.